The van der Waals surface area contributed by atoms with Gasteiger partial charge in [0.15, 0.2) is 0 Å². The number of hydrogen-bond donors (Lipinski definition) is 2. The Balaban J connectivity index is 1.76. The highest BCUT2D eigenvalue weighted by molar-refractivity contribution is 6.35. The molecule has 0 saturated heterocycles. The number of carbonyl (C=O) groups is 1. The van der Waals surface area contributed by atoms with Crippen LogP contribution in [0.25, 0.3) is 0 Å². The summed E-state index contributed by atoms with van der Waals surface area (Å²) in [6.45, 7) is 2.14. The van der Waals surface area contributed by atoms with Gasteiger partial charge in [-0.2, -0.15) is 0 Å². The van der Waals surface area contributed by atoms with E-state index in [4.69, 9.17) is 23.2 Å². The molecule has 0 radical (unpaired) electrons. The van der Waals surface area contributed by atoms with Crippen LogP contribution in [0.15, 0.2) is 48.8 Å². The number of pyridine rings is 1. The van der Waals surface area contributed by atoms with Gasteiger partial charge in [-0.15, -0.1) is 0 Å². The van der Waals surface area contributed by atoms with Gasteiger partial charge in [-0.3, -0.25) is 9.78 Å². The van der Waals surface area contributed by atoms with Gasteiger partial charge in [0, 0.05) is 29.7 Å². The second-order valence-electron chi connectivity index (χ2n) is 5.51. The topological polar surface area (TPSA) is 79.8 Å². The standard InChI is InChI=1S/C18H15Cl2N5O/c1-11-7-16(17(26)22-10-12-3-2-6-21-9-12)25-18(23-11)24-15-8-13(19)4-5-14(15)20/h2-9H,10H2,1H3,(H,22,26)(H,23,24,25). The van der Waals surface area contributed by atoms with Gasteiger partial charge in [0.2, 0.25) is 5.95 Å². The van der Waals surface area contributed by atoms with E-state index in [0.717, 1.165) is 5.56 Å². The number of halogens is 2. The lowest BCUT2D eigenvalue weighted by molar-refractivity contribution is 0.0945. The van der Waals surface area contributed by atoms with Gasteiger partial charge in [-0.25, -0.2) is 9.97 Å². The highest BCUT2D eigenvalue weighted by Gasteiger charge is 2.12. The van der Waals surface area contributed by atoms with Gasteiger partial charge in [0.25, 0.3) is 5.91 Å². The van der Waals surface area contributed by atoms with E-state index >= 15 is 0 Å². The molecule has 0 unspecified atom stereocenters. The summed E-state index contributed by atoms with van der Waals surface area (Å²) in [5.74, 6) is -0.0414. The molecule has 0 fully saturated rings. The fourth-order valence-electron chi connectivity index (χ4n) is 2.23. The van der Waals surface area contributed by atoms with Crippen LogP contribution in [0.2, 0.25) is 10.0 Å². The number of carbonyl (C=O) groups excluding carboxylic acids is 1. The molecule has 2 N–H and O–H groups in total. The summed E-state index contributed by atoms with van der Waals surface area (Å²) in [4.78, 5) is 25.0. The fraction of sp³-hybridized carbons (Fsp3) is 0.111. The zero-order chi connectivity index (χ0) is 18.5. The number of aryl methyl sites for hydroxylation is 1. The molecule has 6 nitrogen and oxygen atoms in total. The van der Waals surface area contributed by atoms with Crippen LogP contribution in [0.5, 0.6) is 0 Å². The van der Waals surface area contributed by atoms with Crippen LogP contribution in [0.3, 0.4) is 0 Å². The molecule has 132 valence electrons. The average Bonchev–Trinajstić information content (AvgIpc) is 2.63. The van der Waals surface area contributed by atoms with E-state index in [1.165, 1.54) is 0 Å². The zero-order valence-corrected chi connectivity index (χ0v) is 15.3. The number of hydrogen-bond acceptors (Lipinski definition) is 5. The van der Waals surface area contributed by atoms with Gasteiger partial charge in [0.05, 0.1) is 10.7 Å². The number of amides is 1. The summed E-state index contributed by atoms with van der Waals surface area (Å²) in [5.41, 5.74) is 2.36. The molecule has 0 spiro atoms. The first kappa shape index (κ1) is 18.1. The normalized spacial score (nSPS) is 10.4. The molecular weight excluding hydrogens is 373 g/mol. The molecule has 3 aromatic rings. The third kappa shape index (κ3) is 4.68. The van der Waals surface area contributed by atoms with E-state index in [1.807, 2.05) is 12.1 Å². The van der Waals surface area contributed by atoms with E-state index < -0.39 is 0 Å². The van der Waals surface area contributed by atoms with Gasteiger partial charge >= 0.3 is 0 Å². The maximum atomic E-state index is 12.4. The molecule has 0 bridgehead atoms. The number of benzene rings is 1. The summed E-state index contributed by atoms with van der Waals surface area (Å²) < 4.78 is 0. The van der Waals surface area contributed by atoms with Crippen LogP contribution in [0.4, 0.5) is 11.6 Å². The van der Waals surface area contributed by atoms with Crippen LogP contribution in [-0.2, 0) is 6.54 Å². The van der Waals surface area contributed by atoms with Crippen molar-refractivity contribution in [2.24, 2.45) is 0 Å². The first-order valence-electron chi connectivity index (χ1n) is 7.76. The maximum absolute atomic E-state index is 12.4. The quantitative estimate of drug-likeness (QED) is 0.686. The summed E-state index contributed by atoms with van der Waals surface area (Å²) in [6, 6.07) is 10.3. The molecule has 1 amide bonds. The lowest BCUT2D eigenvalue weighted by Crippen LogP contribution is -2.24. The highest BCUT2D eigenvalue weighted by Crippen LogP contribution is 2.27. The minimum absolute atomic E-state index is 0.252. The Bertz CT molecular complexity index is 934. The predicted molar refractivity (Wildman–Crippen MR) is 102 cm³/mol. The summed E-state index contributed by atoms with van der Waals surface area (Å²) in [7, 11) is 0. The van der Waals surface area contributed by atoms with Gasteiger partial charge in [-0.05, 0) is 42.8 Å². The Morgan fingerprint density at radius 3 is 2.77 bits per heavy atom. The molecule has 2 heterocycles. The Morgan fingerprint density at radius 1 is 1.15 bits per heavy atom. The van der Waals surface area contributed by atoms with Crippen molar-refractivity contribution in [1.82, 2.24) is 20.3 Å². The van der Waals surface area contributed by atoms with E-state index in [0.29, 0.717) is 28.0 Å². The second kappa shape index (κ2) is 8.12. The molecule has 2 aromatic heterocycles. The summed E-state index contributed by atoms with van der Waals surface area (Å²) in [6.07, 6.45) is 3.37. The van der Waals surface area contributed by atoms with Gasteiger partial charge in [0.1, 0.15) is 5.69 Å². The molecule has 0 aliphatic carbocycles. The molecular formula is C18H15Cl2N5O. The highest BCUT2D eigenvalue weighted by atomic mass is 35.5. The van der Waals surface area contributed by atoms with Crippen molar-refractivity contribution in [1.29, 1.82) is 0 Å². The van der Waals surface area contributed by atoms with Crippen LogP contribution in [-0.4, -0.2) is 20.9 Å². The molecule has 26 heavy (non-hydrogen) atoms. The molecule has 1 aromatic carbocycles. The monoisotopic (exact) mass is 387 g/mol. The van der Waals surface area contributed by atoms with Gasteiger partial charge in [-0.1, -0.05) is 29.3 Å². The Labute approximate surface area is 160 Å². The van der Waals surface area contributed by atoms with Crippen LogP contribution >= 0.6 is 23.2 Å². The molecule has 0 aliphatic heterocycles. The van der Waals surface area contributed by atoms with Crippen molar-refractivity contribution in [3.63, 3.8) is 0 Å². The first-order chi connectivity index (χ1) is 12.5. The number of anilines is 2. The second-order valence-corrected chi connectivity index (χ2v) is 6.35. The number of rotatable bonds is 5. The first-order valence-corrected chi connectivity index (χ1v) is 8.52. The molecule has 0 saturated carbocycles. The van der Waals surface area contributed by atoms with Crippen LogP contribution in [0, 0.1) is 6.92 Å². The van der Waals surface area contributed by atoms with Crippen molar-refractivity contribution in [2.45, 2.75) is 13.5 Å². The number of nitrogens with zero attached hydrogens (tertiary/aromatic N) is 3. The minimum Gasteiger partial charge on any atom is -0.347 e. The lowest BCUT2D eigenvalue weighted by Gasteiger charge is -2.10. The van der Waals surface area contributed by atoms with Crippen molar-refractivity contribution in [3.8, 4) is 0 Å². The lowest BCUT2D eigenvalue weighted by atomic mass is 10.2. The zero-order valence-electron chi connectivity index (χ0n) is 13.8. The Morgan fingerprint density at radius 2 is 2.00 bits per heavy atom. The smallest absolute Gasteiger partial charge is 0.270 e. The van der Waals surface area contributed by atoms with E-state index in [1.54, 1.807) is 43.6 Å². The van der Waals surface area contributed by atoms with Crippen molar-refractivity contribution in [2.75, 3.05) is 5.32 Å². The Kier molecular flexibility index (Phi) is 5.65. The number of aromatic nitrogens is 3. The molecule has 3 rings (SSSR count). The third-order valence-corrected chi connectivity index (χ3v) is 4.00. The maximum Gasteiger partial charge on any atom is 0.270 e. The largest absolute Gasteiger partial charge is 0.347 e. The van der Waals surface area contributed by atoms with E-state index in [-0.39, 0.29) is 17.5 Å². The van der Waals surface area contributed by atoms with Crippen molar-refractivity contribution < 1.29 is 4.79 Å². The predicted octanol–water partition coefficient (Wildman–Crippen LogP) is 4.16. The van der Waals surface area contributed by atoms with Crippen molar-refractivity contribution >= 4 is 40.7 Å². The van der Waals surface area contributed by atoms with Crippen molar-refractivity contribution in [3.05, 3.63) is 75.8 Å². The average molecular weight is 388 g/mol. The van der Waals surface area contributed by atoms with Gasteiger partial charge < -0.3 is 10.6 Å². The summed E-state index contributed by atoms with van der Waals surface area (Å²) >= 11 is 12.1. The fourth-order valence-corrected chi connectivity index (χ4v) is 2.57. The molecule has 0 atom stereocenters. The minimum atomic E-state index is -0.306. The molecule has 8 heteroatoms. The van der Waals surface area contributed by atoms with Crippen LogP contribution < -0.4 is 10.6 Å². The SMILES string of the molecule is Cc1cc(C(=O)NCc2cccnc2)nc(Nc2cc(Cl)ccc2Cl)n1. The molecule has 0 aliphatic rings. The summed E-state index contributed by atoms with van der Waals surface area (Å²) in [5, 5.41) is 6.81. The Hall–Kier alpha value is -2.70. The third-order valence-electron chi connectivity index (χ3n) is 3.44. The van der Waals surface area contributed by atoms with E-state index in [9.17, 15) is 4.79 Å². The number of nitrogens with one attached hydrogen (secondary N) is 2. The van der Waals surface area contributed by atoms with Crippen LogP contribution in [0.1, 0.15) is 21.7 Å². The van der Waals surface area contributed by atoms with E-state index in [2.05, 4.69) is 25.6 Å².